The summed E-state index contributed by atoms with van der Waals surface area (Å²) < 4.78 is 5.24. The molecular weight excluding hydrogens is 444 g/mol. The Hall–Kier alpha value is -2.18. The maximum atomic E-state index is 13.3. The molecule has 172 valence electrons. The molecule has 0 aliphatic heterocycles. The zero-order valence-corrected chi connectivity index (χ0v) is 20.3. The number of benzene rings is 2. The van der Waals surface area contributed by atoms with E-state index in [9.17, 15) is 9.59 Å². The Labute approximate surface area is 199 Å². The fourth-order valence-corrected chi connectivity index (χ4v) is 4.88. The van der Waals surface area contributed by atoms with Gasteiger partial charge in [0.15, 0.2) is 0 Å². The number of ether oxygens (including phenoxy) is 1. The Morgan fingerprint density at radius 2 is 1.78 bits per heavy atom. The maximum absolute atomic E-state index is 13.3. The minimum Gasteiger partial charge on any atom is -0.497 e. The SMILES string of the molecule is CC[C@H](C(=O)NC1CCCC1)N(Cc1ccc(OC)cc1)C(=O)CSc1ccc(Cl)cc1. The average molecular weight is 475 g/mol. The molecule has 1 fully saturated rings. The first-order valence-corrected chi connectivity index (χ1v) is 12.5. The first kappa shape index (κ1) is 24.5. The number of halogens is 1. The van der Waals surface area contributed by atoms with Crippen molar-refractivity contribution in [2.45, 2.75) is 62.6 Å². The maximum Gasteiger partial charge on any atom is 0.243 e. The van der Waals surface area contributed by atoms with Crippen LogP contribution in [0.5, 0.6) is 5.75 Å². The lowest BCUT2D eigenvalue weighted by atomic mass is 10.1. The Bertz CT molecular complexity index is 883. The smallest absolute Gasteiger partial charge is 0.243 e. The van der Waals surface area contributed by atoms with E-state index in [1.54, 1.807) is 12.0 Å². The third kappa shape index (κ3) is 6.91. The van der Waals surface area contributed by atoms with Crippen molar-refractivity contribution in [2.24, 2.45) is 0 Å². The van der Waals surface area contributed by atoms with E-state index < -0.39 is 6.04 Å². The van der Waals surface area contributed by atoms with Crippen molar-refractivity contribution >= 4 is 35.2 Å². The van der Waals surface area contributed by atoms with Crippen molar-refractivity contribution in [1.82, 2.24) is 10.2 Å². The monoisotopic (exact) mass is 474 g/mol. The number of carbonyl (C=O) groups excluding carboxylic acids is 2. The molecule has 0 saturated heterocycles. The fourth-order valence-electron chi connectivity index (χ4n) is 3.97. The van der Waals surface area contributed by atoms with Crippen LogP contribution in [0.15, 0.2) is 53.4 Å². The highest BCUT2D eigenvalue weighted by Crippen LogP contribution is 2.23. The van der Waals surface area contributed by atoms with Gasteiger partial charge in [-0.3, -0.25) is 9.59 Å². The standard InChI is InChI=1S/C25H31ClN2O3S/c1-3-23(25(30)27-20-6-4-5-7-20)28(16-18-8-12-21(31-2)13-9-18)24(29)17-32-22-14-10-19(26)11-15-22/h8-15,20,23H,3-7,16-17H2,1-2H3,(H,27,30)/t23-/m1/s1. The number of carbonyl (C=O) groups is 2. The molecule has 5 nitrogen and oxygen atoms in total. The number of nitrogens with one attached hydrogen (secondary N) is 1. The first-order valence-electron chi connectivity index (χ1n) is 11.1. The van der Waals surface area contributed by atoms with Crippen molar-refractivity contribution in [2.75, 3.05) is 12.9 Å². The number of hydrogen-bond acceptors (Lipinski definition) is 4. The third-order valence-corrected chi connectivity index (χ3v) is 7.02. The Morgan fingerprint density at radius 1 is 1.12 bits per heavy atom. The normalized spacial score (nSPS) is 14.7. The Kier molecular flexibility index (Phi) is 9.30. The molecule has 0 bridgehead atoms. The van der Waals surface area contributed by atoms with E-state index in [1.165, 1.54) is 11.8 Å². The van der Waals surface area contributed by atoms with Gasteiger partial charge in [0.1, 0.15) is 11.8 Å². The van der Waals surface area contributed by atoms with Gasteiger partial charge < -0.3 is 15.0 Å². The lowest BCUT2D eigenvalue weighted by Gasteiger charge is -2.31. The first-order chi connectivity index (χ1) is 15.5. The summed E-state index contributed by atoms with van der Waals surface area (Å²) in [5.41, 5.74) is 0.961. The lowest BCUT2D eigenvalue weighted by molar-refractivity contribution is -0.139. The van der Waals surface area contributed by atoms with Crippen molar-refractivity contribution in [3.8, 4) is 5.75 Å². The molecule has 0 radical (unpaired) electrons. The van der Waals surface area contributed by atoms with Crippen LogP contribution in [-0.4, -0.2) is 41.7 Å². The molecule has 2 amide bonds. The minimum atomic E-state index is -0.504. The van der Waals surface area contributed by atoms with Crippen LogP contribution in [0, 0.1) is 0 Å². The number of nitrogens with zero attached hydrogens (tertiary/aromatic N) is 1. The third-order valence-electron chi connectivity index (χ3n) is 5.78. The molecule has 1 saturated carbocycles. The van der Waals surface area contributed by atoms with Gasteiger partial charge in [-0.15, -0.1) is 11.8 Å². The van der Waals surface area contributed by atoms with Crippen LogP contribution >= 0.6 is 23.4 Å². The van der Waals surface area contributed by atoms with E-state index in [-0.39, 0.29) is 23.6 Å². The molecular formula is C25H31ClN2O3S. The summed E-state index contributed by atoms with van der Waals surface area (Å²) >= 11 is 7.42. The molecule has 32 heavy (non-hydrogen) atoms. The van der Waals surface area contributed by atoms with Crippen LogP contribution in [0.4, 0.5) is 0 Å². The molecule has 0 unspecified atom stereocenters. The number of thioether (sulfide) groups is 1. The van der Waals surface area contributed by atoms with Gasteiger partial charge in [-0.1, -0.05) is 43.5 Å². The van der Waals surface area contributed by atoms with Crippen molar-refractivity contribution < 1.29 is 14.3 Å². The second-order valence-corrected chi connectivity index (χ2v) is 9.51. The van der Waals surface area contributed by atoms with Crippen LogP contribution < -0.4 is 10.1 Å². The molecule has 2 aromatic carbocycles. The molecule has 1 aliphatic rings. The Morgan fingerprint density at radius 3 is 2.38 bits per heavy atom. The number of rotatable bonds is 10. The van der Waals surface area contributed by atoms with Crippen molar-refractivity contribution in [3.63, 3.8) is 0 Å². The second kappa shape index (κ2) is 12.2. The zero-order chi connectivity index (χ0) is 22.9. The van der Waals surface area contributed by atoms with E-state index in [4.69, 9.17) is 16.3 Å². The number of methoxy groups -OCH3 is 1. The highest BCUT2D eigenvalue weighted by atomic mass is 35.5. The Balaban J connectivity index is 1.74. The van der Waals surface area contributed by atoms with Gasteiger partial charge in [0, 0.05) is 22.5 Å². The van der Waals surface area contributed by atoms with Crippen LogP contribution in [0.25, 0.3) is 0 Å². The summed E-state index contributed by atoms with van der Waals surface area (Å²) in [7, 11) is 1.62. The van der Waals surface area contributed by atoms with Gasteiger partial charge in [0.05, 0.1) is 12.9 Å². The highest BCUT2D eigenvalue weighted by Gasteiger charge is 2.30. The van der Waals surface area contributed by atoms with E-state index >= 15 is 0 Å². The summed E-state index contributed by atoms with van der Waals surface area (Å²) in [6.45, 7) is 2.33. The predicted octanol–water partition coefficient (Wildman–Crippen LogP) is 5.31. The largest absolute Gasteiger partial charge is 0.497 e. The van der Waals surface area contributed by atoms with E-state index in [1.807, 2.05) is 55.5 Å². The van der Waals surface area contributed by atoms with Gasteiger partial charge in [0.2, 0.25) is 11.8 Å². The van der Waals surface area contributed by atoms with Crippen molar-refractivity contribution in [3.05, 3.63) is 59.1 Å². The van der Waals surface area contributed by atoms with Crippen LogP contribution in [0.2, 0.25) is 5.02 Å². The van der Waals surface area contributed by atoms with Crippen LogP contribution in [0.1, 0.15) is 44.6 Å². The van der Waals surface area contributed by atoms with Gasteiger partial charge in [-0.05, 0) is 61.2 Å². The van der Waals surface area contributed by atoms with Crippen LogP contribution in [-0.2, 0) is 16.1 Å². The molecule has 0 spiro atoms. The molecule has 1 atom stereocenters. The molecule has 0 heterocycles. The molecule has 3 rings (SSSR count). The summed E-state index contributed by atoms with van der Waals surface area (Å²) in [5.74, 6) is 0.897. The van der Waals surface area contributed by atoms with Gasteiger partial charge in [0.25, 0.3) is 0 Å². The van der Waals surface area contributed by atoms with Crippen LogP contribution in [0.3, 0.4) is 0 Å². The van der Waals surface area contributed by atoms with Gasteiger partial charge in [-0.25, -0.2) is 0 Å². The lowest BCUT2D eigenvalue weighted by Crippen LogP contribution is -2.51. The van der Waals surface area contributed by atoms with Gasteiger partial charge >= 0.3 is 0 Å². The topological polar surface area (TPSA) is 58.6 Å². The minimum absolute atomic E-state index is 0.0576. The fraction of sp³-hybridized carbons (Fsp3) is 0.440. The quantitative estimate of drug-likeness (QED) is 0.474. The molecule has 1 N–H and O–H groups in total. The molecule has 2 aromatic rings. The van der Waals surface area contributed by atoms with Gasteiger partial charge in [-0.2, -0.15) is 0 Å². The number of amides is 2. The highest BCUT2D eigenvalue weighted by molar-refractivity contribution is 8.00. The van der Waals surface area contributed by atoms with Crippen molar-refractivity contribution in [1.29, 1.82) is 0 Å². The predicted molar refractivity (Wildman–Crippen MR) is 130 cm³/mol. The second-order valence-electron chi connectivity index (χ2n) is 8.03. The van der Waals surface area contributed by atoms with E-state index in [2.05, 4.69) is 5.32 Å². The number of hydrogen-bond donors (Lipinski definition) is 1. The molecule has 7 heteroatoms. The summed E-state index contributed by atoms with van der Waals surface area (Å²) in [6, 6.07) is 14.8. The molecule has 0 aromatic heterocycles. The summed E-state index contributed by atoms with van der Waals surface area (Å²) in [5, 5.41) is 3.84. The van der Waals surface area contributed by atoms with E-state index in [0.717, 1.165) is 41.9 Å². The zero-order valence-electron chi connectivity index (χ0n) is 18.7. The summed E-state index contributed by atoms with van der Waals surface area (Å²) in [4.78, 5) is 29.1. The van der Waals surface area contributed by atoms with E-state index in [0.29, 0.717) is 18.0 Å². The summed E-state index contributed by atoms with van der Waals surface area (Å²) in [6.07, 6.45) is 4.88. The average Bonchev–Trinajstić information content (AvgIpc) is 3.31. The molecule has 1 aliphatic carbocycles.